The first-order chi connectivity index (χ1) is 17.3. The molecule has 36 heavy (non-hydrogen) atoms. The van der Waals surface area contributed by atoms with E-state index in [1.165, 1.54) is 31.3 Å². The SMILES string of the molecule is COc1cc(Cl)cc2cc(C(=O)C3=C(O)C(=O)N(c4ccc(NC(C)=O)cc4)C3c3ccco3)oc12. The summed E-state index contributed by atoms with van der Waals surface area (Å²) in [4.78, 5) is 39.5. The molecule has 0 radical (unpaired) electrons. The first-order valence-corrected chi connectivity index (χ1v) is 11.2. The largest absolute Gasteiger partial charge is 0.503 e. The second-order valence-corrected chi connectivity index (χ2v) is 8.49. The third kappa shape index (κ3) is 3.89. The van der Waals surface area contributed by atoms with E-state index in [4.69, 9.17) is 25.2 Å². The Kier molecular flexibility index (Phi) is 5.77. The van der Waals surface area contributed by atoms with Crippen LogP contribution < -0.4 is 15.0 Å². The van der Waals surface area contributed by atoms with Crippen molar-refractivity contribution in [1.82, 2.24) is 0 Å². The molecule has 4 aromatic rings. The number of benzene rings is 2. The second-order valence-electron chi connectivity index (χ2n) is 8.05. The van der Waals surface area contributed by atoms with E-state index in [1.807, 2.05) is 0 Å². The number of amides is 2. The summed E-state index contributed by atoms with van der Waals surface area (Å²) >= 11 is 6.13. The highest BCUT2D eigenvalue weighted by Gasteiger charge is 2.46. The molecule has 0 saturated carbocycles. The molecule has 1 unspecified atom stereocenters. The first-order valence-electron chi connectivity index (χ1n) is 10.8. The molecular formula is C26H19ClN2O7. The van der Waals surface area contributed by atoms with Gasteiger partial charge in [-0.3, -0.25) is 19.3 Å². The van der Waals surface area contributed by atoms with E-state index in [2.05, 4.69) is 5.32 Å². The quantitative estimate of drug-likeness (QED) is 0.334. The van der Waals surface area contributed by atoms with Crippen LogP contribution in [0, 0.1) is 0 Å². The molecule has 0 bridgehead atoms. The maximum absolute atomic E-state index is 13.7. The lowest BCUT2D eigenvalue weighted by atomic mass is 9.99. The zero-order chi connectivity index (χ0) is 25.6. The number of ether oxygens (including phenoxy) is 1. The number of hydrogen-bond acceptors (Lipinski definition) is 7. The molecule has 1 atom stereocenters. The maximum atomic E-state index is 13.7. The van der Waals surface area contributed by atoms with Crippen molar-refractivity contribution in [3.05, 3.63) is 88.7 Å². The minimum absolute atomic E-state index is 0.112. The van der Waals surface area contributed by atoms with Crippen LogP contribution >= 0.6 is 11.6 Å². The number of nitrogens with one attached hydrogen (secondary N) is 1. The number of carbonyl (C=O) groups is 3. The summed E-state index contributed by atoms with van der Waals surface area (Å²) in [6.07, 6.45) is 1.41. The Hall–Kier alpha value is -4.50. The first kappa shape index (κ1) is 23.3. The van der Waals surface area contributed by atoms with Gasteiger partial charge in [-0.2, -0.15) is 0 Å². The van der Waals surface area contributed by atoms with E-state index in [9.17, 15) is 19.5 Å². The van der Waals surface area contributed by atoms with Gasteiger partial charge in [-0.05, 0) is 48.5 Å². The number of hydrogen-bond donors (Lipinski definition) is 2. The van der Waals surface area contributed by atoms with Crippen molar-refractivity contribution in [3.8, 4) is 5.75 Å². The minimum Gasteiger partial charge on any atom is -0.503 e. The normalized spacial score (nSPS) is 15.6. The van der Waals surface area contributed by atoms with Crippen LogP contribution in [0.2, 0.25) is 5.02 Å². The van der Waals surface area contributed by atoms with Gasteiger partial charge in [-0.25, -0.2) is 0 Å². The van der Waals surface area contributed by atoms with E-state index in [0.717, 1.165) is 0 Å². The number of aliphatic hydroxyl groups excluding tert-OH is 1. The average Bonchev–Trinajstić information content (AvgIpc) is 3.57. The van der Waals surface area contributed by atoms with E-state index < -0.39 is 23.5 Å². The van der Waals surface area contributed by atoms with E-state index in [1.54, 1.807) is 48.5 Å². The molecule has 182 valence electrons. The van der Waals surface area contributed by atoms with Gasteiger partial charge in [0.15, 0.2) is 22.9 Å². The van der Waals surface area contributed by atoms with Crippen molar-refractivity contribution >= 4 is 51.5 Å². The number of ketones is 1. The summed E-state index contributed by atoms with van der Waals surface area (Å²) in [7, 11) is 1.45. The summed E-state index contributed by atoms with van der Waals surface area (Å²) in [5.74, 6) is -1.97. The molecule has 2 N–H and O–H groups in total. The van der Waals surface area contributed by atoms with Gasteiger partial charge < -0.3 is 24.0 Å². The summed E-state index contributed by atoms with van der Waals surface area (Å²) in [5, 5.41) is 14.4. The molecule has 1 aliphatic heterocycles. The Morgan fingerprint density at radius 1 is 1.14 bits per heavy atom. The van der Waals surface area contributed by atoms with Crippen molar-refractivity contribution in [2.45, 2.75) is 13.0 Å². The predicted octanol–water partition coefficient (Wildman–Crippen LogP) is 5.43. The Labute approximate surface area is 209 Å². The van der Waals surface area contributed by atoms with Crippen molar-refractivity contribution in [3.63, 3.8) is 0 Å². The Bertz CT molecular complexity index is 1530. The van der Waals surface area contributed by atoms with Crippen molar-refractivity contribution in [1.29, 1.82) is 0 Å². The zero-order valence-electron chi connectivity index (χ0n) is 19.1. The summed E-state index contributed by atoms with van der Waals surface area (Å²) in [6.45, 7) is 1.38. The Morgan fingerprint density at radius 3 is 2.53 bits per heavy atom. The fourth-order valence-electron chi connectivity index (χ4n) is 4.21. The lowest BCUT2D eigenvalue weighted by Crippen LogP contribution is -2.30. The summed E-state index contributed by atoms with van der Waals surface area (Å²) < 4.78 is 16.6. The zero-order valence-corrected chi connectivity index (χ0v) is 19.8. The molecule has 10 heteroatoms. The number of nitrogens with zero attached hydrogens (tertiary/aromatic N) is 1. The summed E-state index contributed by atoms with van der Waals surface area (Å²) in [5.41, 5.74) is 0.998. The summed E-state index contributed by atoms with van der Waals surface area (Å²) in [6, 6.07) is 13.2. The van der Waals surface area contributed by atoms with Crippen molar-refractivity contribution in [2.75, 3.05) is 17.3 Å². The molecule has 2 aromatic heterocycles. The third-order valence-corrected chi connectivity index (χ3v) is 5.94. The molecule has 0 spiro atoms. The number of carbonyl (C=O) groups excluding carboxylic acids is 3. The molecule has 2 aromatic carbocycles. The number of methoxy groups -OCH3 is 1. The van der Waals surface area contributed by atoms with Gasteiger partial charge in [0.2, 0.25) is 11.7 Å². The van der Waals surface area contributed by atoms with Gasteiger partial charge in [0.1, 0.15) is 11.8 Å². The molecule has 0 fully saturated rings. The minimum atomic E-state index is -1.06. The van der Waals surface area contributed by atoms with Crippen molar-refractivity contribution in [2.24, 2.45) is 0 Å². The third-order valence-electron chi connectivity index (χ3n) is 5.72. The lowest BCUT2D eigenvalue weighted by molar-refractivity contribution is -0.117. The average molecular weight is 507 g/mol. The van der Waals surface area contributed by atoms with Gasteiger partial charge in [0, 0.05) is 34.8 Å². The lowest BCUT2D eigenvalue weighted by Gasteiger charge is -2.25. The Balaban J connectivity index is 1.59. The van der Waals surface area contributed by atoms with E-state index in [-0.39, 0.29) is 23.0 Å². The number of fused-ring (bicyclic) bond motifs is 1. The molecule has 2 amide bonds. The van der Waals surface area contributed by atoms with Crippen LogP contribution in [0.4, 0.5) is 11.4 Å². The Morgan fingerprint density at radius 2 is 1.89 bits per heavy atom. The molecule has 5 rings (SSSR count). The van der Waals surface area contributed by atoms with Gasteiger partial charge in [-0.15, -0.1) is 0 Å². The van der Waals surface area contributed by atoms with Crippen LogP contribution in [0.25, 0.3) is 11.0 Å². The number of anilines is 2. The van der Waals surface area contributed by atoms with E-state index >= 15 is 0 Å². The molecule has 1 aliphatic rings. The van der Waals surface area contributed by atoms with Crippen LogP contribution in [0.5, 0.6) is 5.75 Å². The predicted molar refractivity (Wildman–Crippen MR) is 131 cm³/mol. The van der Waals surface area contributed by atoms with Gasteiger partial charge in [-0.1, -0.05) is 11.6 Å². The van der Waals surface area contributed by atoms with Crippen LogP contribution in [0.15, 0.2) is 81.0 Å². The van der Waals surface area contributed by atoms with Gasteiger partial charge >= 0.3 is 0 Å². The highest BCUT2D eigenvalue weighted by Crippen LogP contribution is 2.43. The molecule has 9 nitrogen and oxygen atoms in total. The van der Waals surface area contributed by atoms with Crippen molar-refractivity contribution < 1.29 is 33.1 Å². The standard InChI is InChI=1S/C26H19ClN2O7/c1-13(30)28-16-5-7-17(8-6-16)29-22(18-4-3-9-35-18)21(24(32)26(29)33)23(31)19-11-14-10-15(27)12-20(34-2)25(14)36-19/h3-12,22,32H,1-2H3,(H,28,30). The monoisotopic (exact) mass is 506 g/mol. The van der Waals surface area contributed by atoms with Gasteiger partial charge in [0.05, 0.1) is 18.9 Å². The highest BCUT2D eigenvalue weighted by molar-refractivity contribution is 6.31. The molecule has 0 aliphatic carbocycles. The smallest absolute Gasteiger partial charge is 0.294 e. The van der Waals surface area contributed by atoms with Crippen LogP contribution in [0.3, 0.4) is 0 Å². The fourth-order valence-corrected chi connectivity index (χ4v) is 4.43. The molecule has 3 heterocycles. The second kappa shape index (κ2) is 8.94. The number of rotatable bonds is 6. The van der Waals surface area contributed by atoms with Crippen LogP contribution in [0.1, 0.15) is 29.3 Å². The van der Waals surface area contributed by atoms with Crippen LogP contribution in [-0.2, 0) is 9.59 Å². The number of furan rings is 2. The fraction of sp³-hybridized carbons (Fsp3) is 0.115. The molecule has 0 saturated heterocycles. The number of Topliss-reactive ketones (excluding diaryl/α,β-unsaturated/α-hetero) is 1. The highest BCUT2D eigenvalue weighted by atomic mass is 35.5. The number of halogens is 1. The van der Waals surface area contributed by atoms with Crippen LogP contribution in [-0.4, -0.2) is 29.8 Å². The van der Waals surface area contributed by atoms with E-state index in [0.29, 0.717) is 33.1 Å². The topological polar surface area (TPSA) is 122 Å². The number of aliphatic hydroxyl groups is 1. The maximum Gasteiger partial charge on any atom is 0.294 e. The molecular weight excluding hydrogens is 488 g/mol. The van der Waals surface area contributed by atoms with Gasteiger partial charge in [0.25, 0.3) is 5.91 Å².